The van der Waals surface area contributed by atoms with E-state index in [4.69, 9.17) is 5.41 Å². The van der Waals surface area contributed by atoms with Gasteiger partial charge < -0.3 is 20.8 Å². The van der Waals surface area contributed by atoms with Crippen molar-refractivity contribution in [2.45, 2.75) is 31.2 Å². The second kappa shape index (κ2) is 7.46. The first-order chi connectivity index (χ1) is 12.1. The number of piperidine rings is 1. The third kappa shape index (κ3) is 3.88. The molecule has 9 heteroatoms. The number of likely N-dealkylation sites (tertiary alicyclic amines) is 1. The first-order valence-electron chi connectivity index (χ1n) is 8.14. The average Bonchev–Trinajstić information content (AvgIpc) is 2.65. The Kier molecular flexibility index (Phi) is 5.72. The summed E-state index contributed by atoms with van der Waals surface area (Å²) in [6.45, 7) is 1.33. The molecule has 1 aliphatic heterocycles. The highest BCUT2D eigenvalue weighted by molar-refractivity contribution is 6.18. The molecule has 0 radical (unpaired) electrons. The maximum absolute atomic E-state index is 13.2. The Morgan fingerprint density at radius 1 is 1.19 bits per heavy atom. The van der Waals surface area contributed by atoms with E-state index in [0.29, 0.717) is 11.1 Å². The number of carbonyl (C=O) groups excluding carboxylic acids is 2. The molecule has 1 heterocycles. The minimum Gasteiger partial charge on any atom is -0.357 e. The molecule has 2 rings (SSSR count). The number of hydrogen-bond acceptors (Lipinski definition) is 5. The van der Waals surface area contributed by atoms with Crippen molar-refractivity contribution in [2.24, 2.45) is 0 Å². The number of amides is 2. The van der Waals surface area contributed by atoms with Gasteiger partial charge in [-0.3, -0.25) is 9.59 Å². The number of likely N-dealkylation sites (N-methyl/N-ethyl adjacent to an activating group) is 1. The summed E-state index contributed by atoms with van der Waals surface area (Å²) in [7, 11) is 1.38. The Balaban J connectivity index is 2.14. The van der Waals surface area contributed by atoms with E-state index >= 15 is 0 Å². The summed E-state index contributed by atoms with van der Waals surface area (Å²) in [5, 5.41) is 19.8. The summed E-state index contributed by atoms with van der Waals surface area (Å²) in [5.41, 5.74) is 0.646. The molecule has 1 aliphatic rings. The lowest BCUT2D eigenvalue weighted by Gasteiger charge is -2.32. The van der Waals surface area contributed by atoms with Gasteiger partial charge in [-0.2, -0.15) is 5.48 Å². The van der Waals surface area contributed by atoms with E-state index in [1.165, 1.54) is 43.1 Å². The van der Waals surface area contributed by atoms with Gasteiger partial charge in [-0.1, -0.05) is 12.1 Å². The molecule has 0 aromatic heterocycles. The Morgan fingerprint density at radius 3 is 2.15 bits per heavy atom. The Bertz CT molecular complexity index is 698. The van der Waals surface area contributed by atoms with Crippen LogP contribution in [-0.4, -0.2) is 59.2 Å². The van der Waals surface area contributed by atoms with Crippen molar-refractivity contribution in [1.29, 1.82) is 5.41 Å². The fourth-order valence-corrected chi connectivity index (χ4v) is 2.76. The predicted molar refractivity (Wildman–Crippen MR) is 90.7 cm³/mol. The van der Waals surface area contributed by atoms with Crippen LogP contribution in [0, 0.1) is 5.41 Å². The molecule has 2 amide bonds. The highest BCUT2D eigenvalue weighted by Gasteiger charge is 2.38. The first kappa shape index (κ1) is 19.9. The number of rotatable bonds is 5. The number of nitrogens with one attached hydrogen (secondary N) is 3. The molecule has 142 valence electrons. The monoisotopic (exact) mass is 368 g/mol. The van der Waals surface area contributed by atoms with Gasteiger partial charge in [-0.15, -0.1) is 0 Å². The number of hydrogen-bond donors (Lipinski definition) is 4. The van der Waals surface area contributed by atoms with Crippen molar-refractivity contribution in [3.63, 3.8) is 0 Å². The number of halogens is 2. The molecular weight excluding hydrogens is 346 g/mol. The van der Waals surface area contributed by atoms with Crippen LogP contribution in [0.5, 0.6) is 0 Å². The quantitative estimate of drug-likeness (QED) is 0.466. The minimum atomic E-state index is -2.72. The van der Waals surface area contributed by atoms with E-state index in [2.05, 4.69) is 5.32 Å². The molecule has 1 aromatic carbocycles. The number of carbonyl (C=O) groups is 2. The molecule has 7 nitrogen and oxygen atoms in total. The van der Waals surface area contributed by atoms with E-state index in [-0.39, 0.29) is 37.6 Å². The van der Waals surface area contributed by atoms with E-state index < -0.39 is 17.4 Å². The minimum absolute atomic E-state index is 0.00736. The lowest BCUT2D eigenvalue weighted by atomic mass is 9.89. The number of nitrogens with zero attached hydrogens (tertiary/aromatic N) is 1. The zero-order valence-corrected chi connectivity index (χ0v) is 14.6. The molecule has 1 atom stereocenters. The van der Waals surface area contributed by atoms with Crippen LogP contribution >= 0.6 is 0 Å². The highest BCUT2D eigenvalue weighted by Crippen LogP contribution is 2.28. The molecule has 0 bridgehead atoms. The van der Waals surface area contributed by atoms with Crippen LogP contribution in [0.3, 0.4) is 0 Å². The highest BCUT2D eigenvalue weighted by atomic mass is 19.3. The molecule has 1 aromatic rings. The molecule has 0 saturated carbocycles. The molecule has 0 spiro atoms. The van der Waals surface area contributed by atoms with Gasteiger partial charge in [-0.05, 0) is 24.6 Å². The number of hydroxylamine groups is 1. The molecule has 1 unspecified atom stereocenters. The second-order valence-corrected chi connectivity index (χ2v) is 6.42. The first-order valence-corrected chi connectivity index (χ1v) is 8.14. The van der Waals surface area contributed by atoms with Crippen molar-refractivity contribution in [2.75, 3.05) is 20.1 Å². The zero-order valence-electron chi connectivity index (χ0n) is 14.6. The molecule has 0 aliphatic carbocycles. The van der Waals surface area contributed by atoms with Crippen LogP contribution in [0.2, 0.25) is 0 Å². The van der Waals surface area contributed by atoms with Crippen LogP contribution in [0.25, 0.3) is 0 Å². The van der Waals surface area contributed by atoms with E-state index in [1.807, 2.05) is 5.48 Å². The van der Waals surface area contributed by atoms with Gasteiger partial charge in [-0.25, -0.2) is 8.78 Å². The third-order valence-corrected chi connectivity index (χ3v) is 4.61. The lowest BCUT2D eigenvalue weighted by molar-refractivity contribution is -0.127. The van der Waals surface area contributed by atoms with Crippen molar-refractivity contribution >= 4 is 17.5 Å². The molecular formula is C17H22F2N4O3. The topological polar surface area (TPSA) is 106 Å². The smallest absolute Gasteiger partial charge is 0.253 e. The van der Waals surface area contributed by atoms with Crippen LogP contribution in [-0.2, 0) is 4.79 Å². The van der Waals surface area contributed by atoms with Gasteiger partial charge in [0.15, 0.2) is 5.54 Å². The van der Waals surface area contributed by atoms with Crippen LogP contribution in [0.4, 0.5) is 8.78 Å². The van der Waals surface area contributed by atoms with E-state index in [0.717, 1.165) is 0 Å². The fraction of sp³-hybridized carbons (Fsp3) is 0.471. The van der Waals surface area contributed by atoms with Gasteiger partial charge in [0.05, 0.1) is 5.71 Å². The van der Waals surface area contributed by atoms with Crippen LogP contribution in [0.15, 0.2) is 24.3 Å². The SMILES string of the molecule is CNC(=O)C(C)(NO)C(=N)c1ccc(C(=O)N2CCC(F)(F)CC2)cc1. The number of alkyl halides is 2. The summed E-state index contributed by atoms with van der Waals surface area (Å²) in [5.74, 6) is -3.68. The van der Waals surface area contributed by atoms with Gasteiger partial charge >= 0.3 is 0 Å². The Morgan fingerprint density at radius 2 is 1.69 bits per heavy atom. The normalized spacial score (nSPS) is 18.7. The maximum Gasteiger partial charge on any atom is 0.253 e. The van der Waals surface area contributed by atoms with Crippen LogP contribution in [0.1, 0.15) is 35.7 Å². The Hall–Kier alpha value is -2.39. The lowest BCUT2D eigenvalue weighted by Crippen LogP contribution is -2.58. The van der Waals surface area contributed by atoms with Gasteiger partial charge in [0.1, 0.15) is 0 Å². The molecule has 4 N–H and O–H groups in total. The number of benzene rings is 1. The largest absolute Gasteiger partial charge is 0.357 e. The zero-order chi connectivity index (χ0) is 19.5. The summed E-state index contributed by atoms with van der Waals surface area (Å²) >= 11 is 0. The summed E-state index contributed by atoms with van der Waals surface area (Å²) < 4.78 is 26.4. The predicted octanol–water partition coefficient (Wildman–Crippen LogP) is 1.41. The molecule has 1 saturated heterocycles. The summed E-state index contributed by atoms with van der Waals surface area (Å²) in [6, 6.07) is 5.90. The van der Waals surface area contributed by atoms with Gasteiger partial charge in [0.25, 0.3) is 11.8 Å². The standard InChI is InChI=1S/C17H22F2N4O3/c1-16(22-26,15(25)21-2)13(20)11-3-5-12(6-4-11)14(24)23-9-7-17(18,19)8-10-23/h3-6,20,22,26H,7-10H2,1-2H3,(H,21,25). The van der Waals surface area contributed by atoms with Gasteiger partial charge in [0, 0.05) is 38.5 Å². The van der Waals surface area contributed by atoms with E-state index in [9.17, 15) is 23.6 Å². The van der Waals surface area contributed by atoms with Crippen molar-refractivity contribution < 1.29 is 23.6 Å². The van der Waals surface area contributed by atoms with Crippen LogP contribution < -0.4 is 10.8 Å². The second-order valence-electron chi connectivity index (χ2n) is 6.42. The summed E-state index contributed by atoms with van der Waals surface area (Å²) in [4.78, 5) is 25.7. The van der Waals surface area contributed by atoms with E-state index in [1.54, 1.807) is 0 Å². The average molecular weight is 368 g/mol. The molecule has 26 heavy (non-hydrogen) atoms. The summed E-state index contributed by atoms with van der Waals surface area (Å²) in [6.07, 6.45) is -0.706. The Labute approximate surface area is 149 Å². The van der Waals surface area contributed by atoms with Crippen molar-refractivity contribution in [3.8, 4) is 0 Å². The van der Waals surface area contributed by atoms with Crippen molar-refractivity contribution in [1.82, 2.24) is 15.7 Å². The fourth-order valence-electron chi connectivity index (χ4n) is 2.76. The van der Waals surface area contributed by atoms with Crippen molar-refractivity contribution in [3.05, 3.63) is 35.4 Å². The molecule has 1 fully saturated rings. The maximum atomic E-state index is 13.2. The van der Waals surface area contributed by atoms with Gasteiger partial charge in [0.2, 0.25) is 5.91 Å². The third-order valence-electron chi connectivity index (χ3n) is 4.61.